The van der Waals surface area contributed by atoms with Crippen molar-refractivity contribution in [3.8, 4) is 11.1 Å². The highest BCUT2D eigenvalue weighted by Gasteiger charge is 1.97. The van der Waals surface area contributed by atoms with Gasteiger partial charge in [-0.15, -0.1) is 0 Å². The van der Waals surface area contributed by atoms with Crippen LogP contribution in [0.5, 0.6) is 0 Å². The van der Waals surface area contributed by atoms with E-state index in [1.165, 1.54) is 0 Å². The van der Waals surface area contributed by atoms with Crippen molar-refractivity contribution in [2.24, 2.45) is 0 Å². The lowest BCUT2D eigenvalue weighted by Crippen LogP contribution is -1.89. The molecule has 0 saturated heterocycles. The van der Waals surface area contributed by atoms with Gasteiger partial charge in [-0.3, -0.25) is 0 Å². The molecule has 19 heavy (non-hydrogen) atoms. The monoisotopic (exact) mass is 250 g/mol. The maximum atomic E-state index is 7.93. The normalized spacial score (nSPS) is 13.8. The first kappa shape index (κ1) is 7.15. The lowest BCUT2D eigenvalue weighted by Gasteiger charge is -2.07. The first-order valence-electron chi connectivity index (χ1n) is 8.48. The predicted octanol–water partition coefficient (Wildman–Crippen LogP) is 5.10. The van der Waals surface area contributed by atoms with Crippen molar-refractivity contribution in [1.29, 1.82) is 0 Å². The van der Waals surface area contributed by atoms with Gasteiger partial charge in [0.05, 0.1) is 6.85 Å². The van der Waals surface area contributed by atoms with Crippen molar-refractivity contribution in [3.05, 3.63) is 84.8 Å². The second-order valence-electron chi connectivity index (χ2n) is 4.07. The van der Waals surface area contributed by atoms with Gasteiger partial charge in [-0.05, 0) is 35.3 Å². The number of nitrogens with one attached hydrogen (secondary N) is 1. The molecule has 0 aliphatic carbocycles. The van der Waals surface area contributed by atoms with Crippen LogP contribution in [-0.2, 0) is 0 Å². The fourth-order valence-electron chi connectivity index (χ4n) is 1.83. The van der Waals surface area contributed by atoms with Gasteiger partial charge in [0.2, 0.25) is 0 Å². The summed E-state index contributed by atoms with van der Waals surface area (Å²) < 4.78 is 38.9. The minimum absolute atomic E-state index is 0.0773. The third kappa shape index (κ3) is 2.83. The van der Waals surface area contributed by atoms with Crippen LogP contribution in [0.2, 0.25) is 0 Å². The van der Waals surface area contributed by atoms with E-state index < -0.39 is 6.04 Å². The lowest BCUT2D eigenvalue weighted by molar-refractivity contribution is 1.54. The van der Waals surface area contributed by atoms with E-state index in [0.717, 1.165) is 11.1 Å². The van der Waals surface area contributed by atoms with Gasteiger partial charge in [0, 0.05) is 11.4 Å². The van der Waals surface area contributed by atoms with Crippen LogP contribution in [0, 0.1) is 0 Å². The Kier molecular flexibility index (Phi) is 2.03. The van der Waals surface area contributed by atoms with Crippen LogP contribution in [0.4, 0.5) is 11.4 Å². The average molecular weight is 250 g/mol. The Hall–Kier alpha value is -2.54. The number of hydrogen-bond donors (Lipinski definition) is 1. The Morgan fingerprint density at radius 3 is 1.95 bits per heavy atom. The van der Waals surface area contributed by atoms with Gasteiger partial charge >= 0.3 is 0 Å². The van der Waals surface area contributed by atoms with E-state index in [1.807, 2.05) is 54.6 Å². The molecule has 0 heterocycles. The van der Waals surface area contributed by atoms with Gasteiger partial charge in [0.25, 0.3) is 0 Å². The van der Waals surface area contributed by atoms with E-state index in [1.54, 1.807) is 0 Å². The van der Waals surface area contributed by atoms with E-state index in [2.05, 4.69) is 5.32 Å². The number of rotatable bonds is 3. The van der Waals surface area contributed by atoms with Crippen molar-refractivity contribution in [3.63, 3.8) is 0 Å². The number of hydrogen-bond acceptors (Lipinski definition) is 1. The second-order valence-corrected chi connectivity index (χ2v) is 4.07. The Bertz CT molecular complexity index is 847. The van der Waals surface area contributed by atoms with Crippen LogP contribution in [0.15, 0.2) is 84.8 Å². The number of benzene rings is 3. The fraction of sp³-hybridized carbons (Fsp3) is 0. The molecule has 3 aromatic carbocycles. The van der Waals surface area contributed by atoms with E-state index >= 15 is 0 Å². The molecule has 0 radical (unpaired) electrons. The van der Waals surface area contributed by atoms with Crippen molar-refractivity contribution in [2.45, 2.75) is 0 Å². The highest BCUT2D eigenvalue weighted by atomic mass is 14.9. The van der Waals surface area contributed by atoms with Crippen molar-refractivity contribution in [2.75, 3.05) is 5.32 Å². The molecule has 0 aliphatic rings. The first-order valence-corrected chi connectivity index (χ1v) is 5.98. The van der Waals surface area contributed by atoms with E-state index in [-0.39, 0.29) is 29.9 Å². The molecule has 0 saturated carbocycles. The summed E-state index contributed by atoms with van der Waals surface area (Å²) >= 11 is 0. The van der Waals surface area contributed by atoms with Crippen LogP contribution in [0.25, 0.3) is 11.1 Å². The zero-order chi connectivity index (χ0) is 17.3. The lowest BCUT2D eigenvalue weighted by atomic mass is 10.1. The summed E-state index contributed by atoms with van der Waals surface area (Å²) in [6.45, 7) is 0. The molecule has 3 aromatic rings. The minimum Gasteiger partial charge on any atom is -0.356 e. The fourth-order valence-corrected chi connectivity index (χ4v) is 1.83. The van der Waals surface area contributed by atoms with Crippen LogP contribution in [0.1, 0.15) is 6.85 Å². The smallest absolute Gasteiger partial charge is 0.0645 e. The Morgan fingerprint density at radius 1 is 0.632 bits per heavy atom. The standard InChI is InChI=1S/C18H15N/c1-3-7-15(8-4-1)16-11-13-18(14-12-16)19-17-9-5-2-6-10-17/h1-14,19H/i2D,5D,6D,9D,10D. The zero-order valence-corrected chi connectivity index (χ0v) is 10.2. The van der Waals surface area contributed by atoms with Gasteiger partial charge in [0.1, 0.15) is 0 Å². The highest BCUT2D eigenvalue weighted by molar-refractivity contribution is 5.68. The van der Waals surface area contributed by atoms with Crippen LogP contribution < -0.4 is 5.32 Å². The van der Waals surface area contributed by atoms with Gasteiger partial charge < -0.3 is 5.32 Å². The van der Waals surface area contributed by atoms with Crippen molar-refractivity contribution >= 4 is 11.4 Å². The van der Waals surface area contributed by atoms with Gasteiger partial charge in [-0.2, -0.15) is 0 Å². The summed E-state index contributed by atoms with van der Waals surface area (Å²) in [6, 6.07) is 15.8. The molecule has 0 atom stereocenters. The maximum absolute atomic E-state index is 7.93. The van der Waals surface area contributed by atoms with Crippen LogP contribution in [-0.4, -0.2) is 0 Å². The molecule has 1 N–H and O–H groups in total. The van der Waals surface area contributed by atoms with Crippen LogP contribution in [0.3, 0.4) is 0 Å². The van der Waals surface area contributed by atoms with Gasteiger partial charge in [-0.25, -0.2) is 0 Å². The molecule has 0 fully saturated rings. The maximum Gasteiger partial charge on any atom is 0.0645 e. The van der Waals surface area contributed by atoms with Crippen molar-refractivity contribution in [1.82, 2.24) is 0 Å². The van der Waals surface area contributed by atoms with E-state index in [0.29, 0.717) is 5.69 Å². The summed E-state index contributed by atoms with van der Waals surface area (Å²) in [5.74, 6) is 0. The molecule has 0 unspecified atom stereocenters. The summed E-state index contributed by atoms with van der Waals surface area (Å²) in [5, 5.41) is 2.93. The SMILES string of the molecule is [2H]c1c([2H])c([2H])c(Nc2ccc(-c3ccccc3)cc2)c([2H])c1[2H]. The topological polar surface area (TPSA) is 12.0 Å². The van der Waals surface area contributed by atoms with E-state index in [4.69, 9.17) is 6.85 Å². The number of para-hydroxylation sites is 1. The van der Waals surface area contributed by atoms with Gasteiger partial charge in [0.15, 0.2) is 0 Å². The highest BCUT2D eigenvalue weighted by Crippen LogP contribution is 2.22. The quantitative estimate of drug-likeness (QED) is 0.682. The Balaban J connectivity index is 1.93. The summed E-state index contributed by atoms with van der Waals surface area (Å²) in [4.78, 5) is 0. The largest absolute Gasteiger partial charge is 0.356 e. The summed E-state index contributed by atoms with van der Waals surface area (Å²) in [5.41, 5.74) is 2.87. The Labute approximate surface area is 120 Å². The summed E-state index contributed by atoms with van der Waals surface area (Å²) in [7, 11) is 0. The molecule has 0 aromatic heterocycles. The average Bonchev–Trinajstić information content (AvgIpc) is 2.63. The first-order chi connectivity index (χ1) is 11.5. The molecular formula is C18H15N. The molecular weight excluding hydrogens is 230 g/mol. The number of anilines is 2. The second kappa shape index (κ2) is 5.40. The molecule has 0 spiro atoms. The Morgan fingerprint density at radius 2 is 1.26 bits per heavy atom. The predicted molar refractivity (Wildman–Crippen MR) is 81.6 cm³/mol. The van der Waals surface area contributed by atoms with Gasteiger partial charge in [-0.1, -0.05) is 60.6 Å². The molecule has 1 nitrogen and oxygen atoms in total. The molecule has 0 aliphatic heterocycles. The molecule has 0 bridgehead atoms. The molecule has 92 valence electrons. The van der Waals surface area contributed by atoms with Crippen molar-refractivity contribution < 1.29 is 6.85 Å². The van der Waals surface area contributed by atoms with Crippen LogP contribution >= 0.6 is 0 Å². The molecule has 3 rings (SSSR count). The molecule has 1 heteroatoms. The summed E-state index contributed by atoms with van der Waals surface area (Å²) in [6.07, 6.45) is 0. The zero-order valence-electron chi connectivity index (χ0n) is 15.2. The minimum atomic E-state index is -0.394. The van der Waals surface area contributed by atoms with E-state index in [9.17, 15) is 0 Å². The third-order valence-electron chi connectivity index (χ3n) is 2.76. The molecule has 0 amide bonds. The third-order valence-corrected chi connectivity index (χ3v) is 2.76.